The zero-order valence-corrected chi connectivity index (χ0v) is 10.0. The number of hydrogen-bond acceptors (Lipinski definition) is 4. The molecule has 0 radical (unpaired) electrons. The predicted molar refractivity (Wildman–Crippen MR) is 58.7 cm³/mol. The molecule has 0 saturated carbocycles. The summed E-state index contributed by atoms with van der Waals surface area (Å²) in [4.78, 5) is 20.6. The third-order valence-electron chi connectivity index (χ3n) is 1.84. The SMILES string of the molecule is O=C(OCc1cccc(Cl)c1[N+](=O)[O-])C(F)(F)Cl. The van der Waals surface area contributed by atoms with E-state index in [4.69, 9.17) is 11.6 Å². The van der Waals surface area contributed by atoms with Gasteiger partial charge in [0.2, 0.25) is 0 Å². The molecule has 0 aromatic heterocycles. The van der Waals surface area contributed by atoms with Gasteiger partial charge in [-0.25, -0.2) is 4.79 Å². The summed E-state index contributed by atoms with van der Waals surface area (Å²) in [7, 11) is 0. The van der Waals surface area contributed by atoms with Crippen molar-refractivity contribution < 1.29 is 23.2 Å². The number of rotatable bonds is 4. The minimum atomic E-state index is -4.17. The third kappa shape index (κ3) is 3.51. The van der Waals surface area contributed by atoms with E-state index in [9.17, 15) is 23.7 Å². The number of nitrogens with zero attached hydrogens (tertiary/aromatic N) is 1. The van der Waals surface area contributed by atoms with Crippen LogP contribution < -0.4 is 0 Å². The summed E-state index contributed by atoms with van der Waals surface area (Å²) in [5.41, 5.74) is -0.619. The van der Waals surface area contributed by atoms with Gasteiger partial charge in [0.05, 0.1) is 10.5 Å². The quantitative estimate of drug-likeness (QED) is 0.371. The molecule has 0 spiro atoms. The maximum absolute atomic E-state index is 12.3. The van der Waals surface area contributed by atoms with E-state index in [1.54, 1.807) is 0 Å². The first-order valence-corrected chi connectivity index (χ1v) is 5.15. The molecule has 98 valence electrons. The third-order valence-corrected chi connectivity index (χ3v) is 2.30. The fourth-order valence-corrected chi connectivity index (χ4v) is 1.42. The lowest BCUT2D eigenvalue weighted by molar-refractivity contribution is -0.385. The van der Waals surface area contributed by atoms with Gasteiger partial charge in [-0.05, 0) is 23.7 Å². The molecule has 0 fully saturated rings. The van der Waals surface area contributed by atoms with E-state index in [1.807, 2.05) is 0 Å². The van der Waals surface area contributed by atoms with E-state index in [2.05, 4.69) is 16.3 Å². The number of carbonyl (C=O) groups excluding carboxylic acids is 1. The molecule has 9 heteroatoms. The summed E-state index contributed by atoms with van der Waals surface area (Å²) in [6.07, 6.45) is 0. The summed E-state index contributed by atoms with van der Waals surface area (Å²) in [6.45, 7) is -0.724. The summed E-state index contributed by atoms with van der Waals surface area (Å²) in [5.74, 6) is -1.99. The topological polar surface area (TPSA) is 69.4 Å². The van der Waals surface area contributed by atoms with Crippen LogP contribution in [0.15, 0.2) is 18.2 Å². The average Bonchev–Trinajstić information content (AvgIpc) is 2.23. The van der Waals surface area contributed by atoms with Crippen molar-refractivity contribution in [3.8, 4) is 0 Å². The highest BCUT2D eigenvalue weighted by atomic mass is 35.5. The van der Waals surface area contributed by atoms with Crippen molar-refractivity contribution in [3.05, 3.63) is 38.9 Å². The number of benzene rings is 1. The summed E-state index contributed by atoms with van der Waals surface area (Å²) in [5, 5.41) is 6.33. The van der Waals surface area contributed by atoms with Gasteiger partial charge >= 0.3 is 11.4 Å². The fourth-order valence-electron chi connectivity index (χ4n) is 1.11. The Labute approximate surface area is 109 Å². The van der Waals surface area contributed by atoms with Gasteiger partial charge in [-0.3, -0.25) is 10.1 Å². The molecule has 0 aliphatic heterocycles. The van der Waals surface area contributed by atoms with Crippen LogP contribution in [-0.4, -0.2) is 16.3 Å². The molecule has 5 nitrogen and oxygen atoms in total. The van der Waals surface area contributed by atoms with Crippen LogP contribution in [0.1, 0.15) is 5.56 Å². The smallest absolute Gasteiger partial charge is 0.417 e. The minimum absolute atomic E-state index is 0.109. The monoisotopic (exact) mass is 299 g/mol. The first-order chi connectivity index (χ1) is 8.23. The molecule has 0 N–H and O–H groups in total. The highest BCUT2D eigenvalue weighted by Gasteiger charge is 2.38. The molecular weight excluding hydrogens is 295 g/mol. The van der Waals surface area contributed by atoms with E-state index in [0.717, 1.165) is 0 Å². The number of esters is 1. The average molecular weight is 300 g/mol. The predicted octanol–water partition coefficient (Wildman–Crippen LogP) is 3.12. The normalized spacial score (nSPS) is 11.1. The molecule has 0 atom stereocenters. The Morgan fingerprint density at radius 3 is 2.61 bits per heavy atom. The van der Waals surface area contributed by atoms with E-state index >= 15 is 0 Å². The summed E-state index contributed by atoms with van der Waals surface area (Å²) in [6, 6.07) is 3.84. The van der Waals surface area contributed by atoms with Crippen LogP contribution >= 0.6 is 23.2 Å². The van der Waals surface area contributed by atoms with E-state index in [1.165, 1.54) is 18.2 Å². The first kappa shape index (κ1) is 14.6. The number of carbonyl (C=O) groups is 1. The Hall–Kier alpha value is -1.47. The van der Waals surface area contributed by atoms with Crippen LogP contribution in [-0.2, 0) is 16.1 Å². The number of halogens is 4. The van der Waals surface area contributed by atoms with Crippen molar-refractivity contribution in [2.75, 3.05) is 0 Å². The first-order valence-electron chi connectivity index (χ1n) is 4.39. The molecule has 0 heterocycles. The van der Waals surface area contributed by atoms with Gasteiger partial charge in [-0.1, -0.05) is 17.7 Å². The van der Waals surface area contributed by atoms with Crippen molar-refractivity contribution in [2.45, 2.75) is 12.0 Å². The molecule has 0 aliphatic carbocycles. The Bertz CT molecular complexity index is 490. The van der Waals surface area contributed by atoms with E-state index < -0.39 is 28.6 Å². The maximum atomic E-state index is 12.3. The van der Waals surface area contributed by atoms with Crippen LogP contribution in [0.2, 0.25) is 5.02 Å². The van der Waals surface area contributed by atoms with Gasteiger partial charge in [0.15, 0.2) is 0 Å². The molecule has 0 amide bonds. The van der Waals surface area contributed by atoms with Crippen molar-refractivity contribution in [1.29, 1.82) is 0 Å². The van der Waals surface area contributed by atoms with Crippen molar-refractivity contribution in [3.63, 3.8) is 0 Å². The molecule has 0 bridgehead atoms. The van der Waals surface area contributed by atoms with Crippen molar-refractivity contribution in [1.82, 2.24) is 0 Å². The van der Waals surface area contributed by atoms with Gasteiger partial charge < -0.3 is 4.74 Å². The van der Waals surface area contributed by atoms with Gasteiger partial charge in [-0.15, -0.1) is 0 Å². The number of nitro benzene ring substituents is 1. The second-order valence-electron chi connectivity index (χ2n) is 3.08. The Morgan fingerprint density at radius 2 is 2.11 bits per heavy atom. The summed E-state index contributed by atoms with van der Waals surface area (Å²) < 4.78 is 28.7. The number of alkyl halides is 3. The van der Waals surface area contributed by atoms with Gasteiger partial charge in [-0.2, -0.15) is 8.78 Å². The Morgan fingerprint density at radius 1 is 1.50 bits per heavy atom. The van der Waals surface area contributed by atoms with Crippen LogP contribution in [0.4, 0.5) is 14.5 Å². The molecule has 0 unspecified atom stereocenters. The number of para-hydroxylation sites is 1. The molecule has 1 rings (SSSR count). The van der Waals surface area contributed by atoms with Crippen LogP contribution in [0.25, 0.3) is 0 Å². The fraction of sp³-hybridized carbons (Fsp3) is 0.222. The van der Waals surface area contributed by atoms with Crippen molar-refractivity contribution >= 4 is 34.9 Å². The zero-order chi connectivity index (χ0) is 13.9. The Balaban J connectivity index is 2.90. The lowest BCUT2D eigenvalue weighted by Crippen LogP contribution is -2.24. The number of nitro groups is 1. The number of hydrogen-bond donors (Lipinski definition) is 0. The largest absolute Gasteiger partial charge is 0.455 e. The second kappa shape index (κ2) is 5.45. The number of ether oxygens (including phenoxy) is 1. The van der Waals surface area contributed by atoms with Gasteiger partial charge in [0.25, 0.3) is 5.69 Å². The standard InChI is InChI=1S/C9H5Cl2F2NO4/c10-6-3-1-2-5(7(6)14(16)17)4-18-8(15)9(11,12)13/h1-3H,4H2. The molecule has 0 saturated heterocycles. The lowest BCUT2D eigenvalue weighted by Gasteiger charge is -2.08. The molecular formula is C9H5Cl2F2NO4. The molecule has 1 aromatic rings. The lowest BCUT2D eigenvalue weighted by atomic mass is 10.2. The Kier molecular flexibility index (Phi) is 4.42. The van der Waals surface area contributed by atoms with Crippen LogP contribution in [0.3, 0.4) is 0 Å². The van der Waals surface area contributed by atoms with E-state index in [0.29, 0.717) is 0 Å². The van der Waals surface area contributed by atoms with Crippen LogP contribution in [0.5, 0.6) is 0 Å². The maximum Gasteiger partial charge on any atom is 0.417 e. The van der Waals surface area contributed by atoms with Crippen molar-refractivity contribution in [2.24, 2.45) is 0 Å². The van der Waals surface area contributed by atoms with E-state index in [-0.39, 0.29) is 10.6 Å². The van der Waals surface area contributed by atoms with Gasteiger partial charge in [0, 0.05) is 0 Å². The second-order valence-corrected chi connectivity index (χ2v) is 3.96. The van der Waals surface area contributed by atoms with Gasteiger partial charge in [0.1, 0.15) is 11.6 Å². The molecule has 1 aromatic carbocycles. The minimum Gasteiger partial charge on any atom is -0.455 e. The van der Waals surface area contributed by atoms with Crippen LogP contribution in [0, 0.1) is 10.1 Å². The highest BCUT2D eigenvalue weighted by Crippen LogP contribution is 2.29. The summed E-state index contributed by atoms with van der Waals surface area (Å²) >= 11 is 9.99. The molecule has 18 heavy (non-hydrogen) atoms. The zero-order valence-electron chi connectivity index (χ0n) is 8.53. The highest BCUT2D eigenvalue weighted by molar-refractivity contribution is 6.32. The molecule has 0 aliphatic rings.